The van der Waals surface area contributed by atoms with E-state index in [9.17, 15) is 13.2 Å². The SMILES string of the molecule is CCN(CC)c1ccc(NS(=O)(=O)c2cc(Br)cc3c2N(C(C)=O)CC3)c(C)c1. The van der Waals surface area contributed by atoms with Gasteiger partial charge in [0.15, 0.2) is 0 Å². The van der Waals surface area contributed by atoms with Crippen LogP contribution in [-0.4, -0.2) is 34.0 Å². The molecule has 1 heterocycles. The van der Waals surface area contributed by atoms with Gasteiger partial charge in [-0.15, -0.1) is 0 Å². The van der Waals surface area contributed by atoms with Crippen molar-refractivity contribution >= 4 is 48.9 Å². The van der Waals surface area contributed by atoms with Crippen molar-refractivity contribution in [3.8, 4) is 0 Å². The smallest absolute Gasteiger partial charge is 0.264 e. The molecule has 1 aliphatic heterocycles. The number of rotatable bonds is 6. The van der Waals surface area contributed by atoms with Crippen molar-refractivity contribution in [1.29, 1.82) is 0 Å². The molecule has 3 rings (SSSR count). The van der Waals surface area contributed by atoms with Gasteiger partial charge in [-0.1, -0.05) is 15.9 Å². The Hall–Kier alpha value is -2.06. The predicted molar refractivity (Wildman–Crippen MR) is 121 cm³/mol. The molecule has 8 heteroatoms. The maximum absolute atomic E-state index is 13.3. The van der Waals surface area contributed by atoms with Crippen LogP contribution in [0.1, 0.15) is 31.9 Å². The Labute approximate surface area is 181 Å². The summed E-state index contributed by atoms with van der Waals surface area (Å²) in [6.07, 6.45) is 0.633. The normalized spacial score (nSPS) is 13.3. The van der Waals surface area contributed by atoms with Crippen molar-refractivity contribution in [3.05, 3.63) is 45.9 Å². The van der Waals surface area contributed by atoms with E-state index in [0.717, 1.165) is 29.9 Å². The van der Waals surface area contributed by atoms with Crippen LogP contribution in [0, 0.1) is 6.92 Å². The predicted octanol–water partition coefficient (Wildman–Crippen LogP) is 4.31. The van der Waals surface area contributed by atoms with Gasteiger partial charge in [0, 0.05) is 36.7 Å². The van der Waals surface area contributed by atoms with Gasteiger partial charge in [0.05, 0.1) is 11.4 Å². The van der Waals surface area contributed by atoms with Crippen molar-refractivity contribution < 1.29 is 13.2 Å². The summed E-state index contributed by atoms with van der Waals surface area (Å²) in [4.78, 5) is 15.9. The van der Waals surface area contributed by atoms with Crippen LogP contribution >= 0.6 is 15.9 Å². The molecule has 2 aromatic rings. The number of nitrogens with one attached hydrogen (secondary N) is 1. The van der Waals surface area contributed by atoms with Crippen LogP contribution in [0.3, 0.4) is 0 Å². The number of hydrogen-bond donors (Lipinski definition) is 1. The van der Waals surface area contributed by atoms with E-state index in [2.05, 4.69) is 39.4 Å². The molecule has 0 aromatic heterocycles. The first-order chi connectivity index (χ1) is 13.7. The van der Waals surface area contributed by atoms with Crippen LogP contribution in [-0.2, 0) is 21.2 Å². The lowest BCUT2D eigenvalue weighted by molar-refractivity contribution is -0.116. The summed E-state index contributed by atoms with van der Waals surface area (Å²) in [6.45, 7) is 9.77. The summed E-state index contributed by atoms with van der Waals surface area (Å²) in [7, 11) is -3.88. The van der Waals surface area contributed by atoms with E-state index in [0.29, 0.717) is 28.8 Å². The molecular formula is C21H26BrN3O3S. The monoisotopic (exact) mass is 479 g/mol. The highest BCUT2D eigenvalue weighted by Gasteiger charge is 2.31. The van der Waals surface area contributed by atoms with E-state index in [1.807, 2.05) is 25.1 Å². The molecule has 0 saturated carbocycles. The molecule has 0 atom stereocenters. The number of carbonyl (C=O) groups is 1. The summed E-state index contributed by atoms with van der Waals surface area (Å²) in [5.41, 5.74) is 3.76. The molecule has 0 fully saturated rings. The van der Waals surface area contributed by atoms with Crippen molar-refractivity contribution in [2.24, 2.45) is 0 Å². The highest BCUT2D eigenvalue weighted by Crippen LogP contribution is 2.38. The zero-order valence-corrected chi connectivity index (χ0v) is 19.5. The van der Waals surface area contributed by atoms with Gasteiger partial charge in [-0.05, 0) is 68.7 Å². The molecule has 1 aliphatic rings. The fourth-order valence-electron chi connectivity index (χ4n) is 3.74. The highest BCUT2D eigenvalue weighted by molar-refractivity contribution is 9.10. The maximum Gasteiger partial charge on any atom is 0.264 e. The zero-order valence-electron chi connectivity index (χ0n) is 17.1. The van der Waals surface area contributed by atoms with Crippen molar-refractivity contribution in [2.75, 3.05) is 34.2 Å². The van der Waals surface area contributed by atoms with Gasteiger partial charge in [-0.2, -0.15) is 0 Å². The van der Waals surface area contributed by atoms with Crippen LogP contribution in [0.2, 0.25) is 0 Å². The number of carbonyl (C=O) groups excluding carboxylic acids is 1. The maximum atomic E-state index is 13.3. The number of hydrogen-bond acceptors (Lipinski definition) is 4. The molecule has 0 spiro atoms. The van der Waals surface area contributed by atoms with Crippen molar-refractivity contribution in [3.63, 3.8) is 0 Å². The van der Waals surface area contributed by atoms with E-state index in [1.54, 1.807) is 12.1 Å². The molecule has 2 aromatic carbocycles. The van der Waals surface area contributed by atoms with Gasteiger partial charge >= 0.3 is 0 Å². The third kappa shape index (κ3) is 4.28. The van der Waals surface area contributed by atoms with Crippen LogP contribution < -0.4 is 14.5 Å². The largest absolute Gasteiger partial charge is 0.372 e. The standard InChI is InChI=1S/C21H26BrN3O3S/c1-5-24(6-2)18-7-8-19(14(3)11-18)23-29(27,28)20-13-17(22)12-16-9-10-25(15(4)26)21(16)20/h7-8,11-13,23H,5-6,9-10H2,1-4H3. The number of halogens is 1. The Kier molecular flexibility index (Phi) is 6.24. The first-order valence-electron chi connectivity index (χ1n) is 9.66. The van der Waals surface area contributed by atoms with Gasteiger partial charge in [-0.3, -0.25) is 9.52 Å². The first-order valence-corrected chi connectivity index (χ1v) is 11.9. The summed E-state index contributed by atoms with van der Waals surface area (Å²) < 4.78 is 30.0. The van der Waals surface area contributed by atoms with Crippen molar-refractivity contribution in [1.82, 2.24) is 0 Å². The molecule has 29 heavy (non-hydrogen) atoms. The van der Waals surface area contributed by atoms with Crippen LogP contribution in [0.5, 0.6) is 0 Å². The molecule has 1 N–H and O–H groups in total. The van der Waals surface area contributed by atoms with E-state index < -0.39 is 10.0 Å². The average Bonchev–Trinajstić information content (AvgIpc) is 3.08. The number of fused-ring (bicyclic) bond motifs is 1. The molecule has 1 amide bonds. The minimum atomic E-state index is -3.88. The summed E-state index contributed by atoms with van der Waals surface area (Å²) in [5, 5.41) is 0. The van der Waals surface area contributed by atoms with Gasteiger partial charge in [-0.25, -0.2) is 8.42 Å². The number of nitrogens with zero attached hydrogens (tertiary/aromatic N) is 2. The average molecular weight is 480 g/mol. The second kappa shape index (κ2) is 8.36. The molecule has 6 nitrogen and oxygen atoms in total. The van der Waals surface area contributed by atoms with Gasteiger partial charge in [0.25, 0.3) is 10.0 Å². The topological polar surface area (TPSA) is 69.7 Å². The summed E-state index contributed by atoms with van der Waals surface area (Å²) in [5.74, 6) is -0.165. The number of amides is 1. The van der Waals surface area contributed by atoms with Crippen LogP contribution in [0.4, 0.5) is 17.1 Å². The number of aryl methyl sites for hydroxylation is 1. The first kappa shape index (κ1) is 21.6. The van der Waals surface area contributed by atoms with E-state index in [4.69, 9.17) is 0 Å². The quantitative estimate of drug-likeness (QED) is 0.669. The molecular weight excluding hydrogens is 454 g/mol. The summed E-state index contributed by atoms with van der Waals surface area (Å²) >= 11 is 3.41. The zero-order chi connectivity index (χ0) is 21.3. The van der Waals surface area contributed by atoms with Gasteiger partial charge in [0.2, 0.25) is 5.91 Å². The fraction of sp³-hybridized carbons (Fsp3) is 0.381. The lowest BCUT2D eigenvalue weighted by Crippen LogP contribution is -2.28. The second-order valence-corrected chi connectivity index (χ2v) is 9.68. The number of sulfonamides is 1. The van der Waals surface area contributed by atoms with E-state index >= 15 is 0 Å². The lowest BCUT2D eigenvalue weighted by atomic mass is 10.1. The highest BCUT2D eigenvalue weighted by atomic mass is 79.9. The number of anilines is 3. The third-order valence-corrected chi connectivity index (χ3v) is 7.08. The molecule has 0 aliphatic carbocycles. The Morgan fingerprint density at radius 3 is 2.48 bits per heavy atom. The van der Waals surface area contributed by atoms with Gasteiger partial charge < -0.3 is 9.80 Å². The van der Waals surface area contributed by atoms with Crippen LogP contribution in [0.15, 0.2) is 39.7 Å². The molecule has 0 radical (unpaired) electrons. The Balaban J connectivity index is 2.01. The lowest BCUT2D eigenvalue weighted by Gasteiger charge is -2.23. The summed E-state index contributed by atoms with van der Waals surface area (Å²) in [6, 6.07) is 9.13. The molecule has 0 unspecified atom stereocenters. The Bertz CT molecular complexity index is 1050. The van der Waals surface area contributed by atoms with E-state index in [1.165, 1.54) is 11.8 Å². The third-order valence-electron chi connectivity index (χ3n) is 5.25. The second-order valence-electron chi connectivity index (χ2n) is 7.11. The van der Waals surface area contributed by atoms with E-state index in [-0.39, 0.29) is 10.8 Å². The minimum Gasteiger partial charge on any atom is -0.372 e. The molecule has 156 valence electrons. The fourth-order valence-corrected chi connectivity index (χ4v) is 5.80. The van der Waals surface area contributed by atoms with Crippen molar-refractivity contribution in [2.45, 2.75) is 39.0 Å². The molecule has 0 saturated heterocycles. The van der Waals surface area contributed by atoms with Gasteiger partial charge in [0.1, 0.15) is 4.90 Å². The Morgan fingerprint density at radius 1 is 1.21 bits per heavy atom. The Morgan fingerprint density at radius 2 is 1.90 bits per heavy atom. The molecule has 0 bridgehead atoms. The van der Waals surface area contributed by atoms with Crippen LogP contribution in [0.25, 0.3) is 0 Å². The number of benzene rings is 2. The minimum absolute atomic E-state index is 0.113.